The second-order valence-electron chi connectivity index (χ2n) is 5.30. The first-order chi connectivity index (χ1) is 9.04. The van der Waals surface area contributed by atoms with E-state index in [2.05, 4.69) is 5.43 Å². The van der Waals surface area contributed by atoms with Crippen molar-refractivity contribution in [3.05, 3.63) is 35.4 Å². The minimum absolute atomic E-state index is 0.202. The summed E-state index contributed by atoms with van der Waals surface area (Å²) in [6, 6.07) is 7.84. The average molecular weight is 282 g/mol. The van der Waals surface area contributed by atoms with Crippen LogP contribution in [0.2, 0.25) is 0 Å². The summed E-state index contributed by atoms with van der Waals surface area (Å²) >= 11 is 0. The van der Waals surface area contributed by atoms with Crippen molar-refractivity contribution in [2.75, 3.05) is 5.75 Å². The Kier molecular flexibility index (Phi) is 4.60. The Morgan fingerprint density at radius 1 is 1.37 bits per heavy atom. The maximum absolute atomic E-state index is 12.2. The van der Waals surface area contributed by atoms with E-state index in [4.69, 9.17) is 5.84 Å². The van der Waals surface area contributed by atoms with Gasteiger partial charge in [0.1, 0.15) is 0 Å². The van der Waals surface area contributed by atoms with E-state index in [1.54, 1.807) is 0 Å². The zero-order valence-electron chi connectivity index (χ0n) is 11.3. The van der Waals surface area contributed by atoms with Crippen molar-refractivity contribution in [1.82, 2.24) is 5.43 Å². The van der Waals surface area contributed by atoms with Crippen LogP contribution in [-0.2, 0) is 16.3 Å². The van der Waals surface area contributed by atoms with Gasteiger partial charge in [0.05, 0.1) is 11.0 Å². The van der Waals surface area contributed by atoms with Crippen molar-refractivity contribution in [2.24, 2.45) is 5.84 Å². The van der Waals surface area contributed by atoms with Crippen molar-refractivity contribution in [3.63, 3.8) is 0 Å². The smallest absolute Gasteiger partial charge is 0.154 e. The molecule has 0 amide bonds. The molecular formula is C14H22N2O2S. The Balaban J connectivity index is 2.18. The van der Waals surface area contributed by atoms with E-state index < -0.39 is 9.84 Å². The van der Waals surface area contributed by atoms with Crippen LogP contribution in [0.25, 0.3) is 0 Å². The summed E-state index contributed by atoms with van der Waals surface area (Å²) < 4.78 is 24.3. The lowest BCUT2D eigenvalue weighted by Crippen LogP contribution is -2.50. The van der Waals surface area contributed by atoms with E-state index in [0.717, 1.165) is 18.4 Å². The number of sulfone groups is 1. The predicted octanol–water partition coefficient (Wildman–Crippen LogP) is 1.34. The SMILES string of the molecule is Cc1ccccc1CC(NN)C1CCCCS1(=O)=O. The number of hydrogen-bond acceptors (Lipinski definition) is 4. The molecule has 0 spiro atoms. The van der Waals surface area contributed by atoms with Gasteiger partial charge < -0.3 is 0 Å². The first-order valence-electron chi connectivity index (χ1n) is 6.77. The lowest BCUT2D eigenvalue weighted by molar-refractivity contribution is 0.440. The normalized spacial score (nSPS) is 24.0. The second-order valence-corrected chi connectivity index (χ2v) is 7.64. The van der Waals surface area contributed by atoms with Crippen LogP contribution in [0, 0.1) is 6.92 Å². The summed E-state index contributed by atoms with van der Waals surface area (Å²) in [6.07, 6.45) is 3.12. The van der Waals surface area contributed by atoms with E-state index in [-0.39, 0.29) is 11.3 Å². The zero-order chi connectivity index (χ0) is 13.9. The van der Waals surface area contributed by atoms with E-state index in [0.29, 0.717) is 18.6 Å². The first-order valence-corrected chi connectivity index (χ1v) is 8.48. The molecule has 0 aromatic heterocycles. The maximum atomic E-state index is 12.2. The quantitative estimate of drug-likeness (QED) is 0.645. The van der Waals surface area contributed by atoms with Gasteiger partial charge in [-0.2, -0.15) is 0 Å². The molecule has 1 heterocycles. The van der Waals surface area contributed by atoms with Gasteiger partial charge in [-0.15, -0.1) is 0 Å². The summed E-state index contributed by atoms with van der Waals surface area (Å²) in [5.74, 6) is 5.90. The van der Waals surface area contributed by atoms with Gasteiger partial charge in [0, 0.05) is 6.04 Å². The van der Waals surface area contributed by atoms with Crippen molar-refractivity contribution in [2.45, 2.75) is 43.9 Å². The summed E-state index contributed by atoms with van der Waals surface area (Å²) in [4.78, 5) is 0. The van der Waals surface area contributed by atoms with Crippen LogP contribution in [0.5, 0.6) is 0 Å². The number of nitrogens with one attached hydrogen (secondary N) is 1. The number of nitrogens with two attached hydrogens (primary N) is 1. The Morgan fingerprint density at radius 3 is 2.74 bits per heavy atom. The third-order valence-electron chi connectivity index (χ3n) is 3.99. The summed E-state index contributed by atoms with van der Waals surface area (Å²) in [5.41, 5.74) is 5.06. The summed E-state index contributed by atoms with van der Waals surface area (Å²) in [7, 11) is -3.01. The Bertz CT molecular complexity index is 528. The fourth-order valence-electron chi connectivity index (χ4n) is 2.80. The van der Waals surface area contributed by atoms with E-state index >= 15 is 0 Å². The van der Waals surface area contributed by atoms with Crippen LogP contribution in [0.3, 0.4) is 0 Å². The van der Waals surface area contributed by atoms with Gasteiger partial charge in [-0.3, -0.25) is 11.3 Å². The molecule has 2 unspecified atom stereocenters. The van der Waals surface area contributed by atoms with Crippen LogP contribution in [-0.4, -0.2) is 25.5 Å². The molecule has 106 valence electrons. The highest BCUT2D eigenvalue weighted by atomic mass is 32.2. The lowest BCUT2D eigenvalue weighted by atomic mass is 9.97. The van der Waals surface area contributed by atoms with Crippen LogP contribution < -0.4 is 11.3 Å². The van der Waals surface area contributed by atoms with E-state index in [1.807, 2.05) is 31.2 Å². The zero-order valence-corrected chi connectivity index (χ0v) is 12.1. The Hall–Kier alpha value is -0.910. The van der Waals surface area contributed by atoms with Crippen molar-refractivity contribution in [3.8, 4) is 0 Å². The van der Waals surface area contributed by atoms with Gasteiger partial charge >= 0.3 is 0 Å². The van der Waals surface area contributed by atoms with Crippen LogP contribution >= 0.6 is 0 Å². The fourth-order valence-corrected chi connectivity index (χ4v) is 4.92. The molecule has 1 fully saturated rings. The highest BCUT2D eigenvalue weighted by molar-refractivity contribution is 7.92. The maximum Gasteiger partial charge on any atom is 0.154 e. The van der Waals surface area contributed by atoms with Crippen molar-refractivity contribution >= 4 is 9.84 Å². The van der Waals surface area contributed by atoms with Crippen molar-refractivity contribution in [1.29, 1.82) is 0 Å². The summed E-state index contributed by atoms with van der Waals surface area (Å²) in [5, 5.41) is -0.356. The molecular weight excluding hydrogens is 260 g/mol. The molecule has 2 atom stereocenters. The minimum atomic E-state index is -3.01. The molecule has 1 aliphatic heterocycles. The molecule has 3 N–H and O–H groups in total. The molecule has 1 aliphatic rings. The second kappa shape index (κ2) is 6.03. The number of hydrogen-bond donors (Lipinski definition) is 2. The molecule has 4 nitrogen and oxygen atoms in total. The molecule has 5 heteroatoms. The molecule has 1 aromatic carbocycles. The molecule has 1 aromatic rings. The molecule has 1 saturated heterocycles. The number of hydrazine groups is 1. The summed E-state index contributed by atoms with van der Waals surface area (Å²) in [6.45, 7) is 2.04. The number of benzene rings is 1. The molecule has 0 saturated carbocycles. The highest BCUT2D eigenvalue weighted by Gasteiger charge is 2.35. The molecule has 0 bridgehead atoms. The van der Waals surface area contributed by atoms with Gasteiger partial charge in [0.15, 0.2) is 9.84 Å². The van der Waals surface area contributed by atoms with Gasteiger partial charge in [-0.05, 0) is 37.3 Å². The standard InChI is InChI=1S/C14H22N2O2S/c1-11-6-2-3-7-12(11)10-13(16-15)14-8-4-5-9-19(14,17)18/h2-3,6-7,13-14,16H,4-5,8-10,15H2,1H3. The third-order valence-corrected chi connectivity index (χ3v) is 6.34. The molecule has 0 radical (unpaired) electrons. The fraction of sp³-hybridized carbons (Fsp3) is 0.571. The minimum Gasteiger partial charge on any atom is -0.271 e. The van der Waals surface area contributed by atoms with Gasteiger partial charge in [0.2, 0.25) is 0 Å². The number of aryl methyl sites for hydroxylation is 1. The van der Waals surface area contributed by atoms with E-state index in [1.165, 1.54) is 5.56 Å². The topological polar surface area (TPSA) is 72.2 Å². The molecule has 0 aliphatic carbocycles. The molecule has 2 rings (SSSR count). The van der Waals surface area contributed by atoms with E-state index in [9.17, 15) is 8.42 Å². The lowest BCUT2D eigenvalue weighted by Gasteiger charge is -2.30. The van der Waals surface area contributed by atoms with Crippen molar-refractivity contribution < 1.29 is 8.42 Å². The first kappa shape index (κ1) is 14.5. The van der Waals surface area contributed by atoms with Gasteiger partial charge in [-0.1, -0.05) is 30.7 Å². The number of rotatable bonds is 4. The van der Waals surface area contributed by atoms with Crippen LogP contribution in [0.4, 0.5) is 0 Å². The Morgan fingerprint density at radius 2 is 2.11 bits per heavy atom. The predicted molar refractivity (Wildman–Crippen MR) is 77.4 cm³/mol. The van der Waals surface area contributed by atoms with Crippen LogP contribution in [0.1, 0.15) is 30.4 Å². The Labute approximate surface area is 115 Å². The third kappa shape index (κ3) is 3.35. The van der Waals surface area contributed by atoms with Gasteiger partial charge in [0.25, 0.3) is 0 Å². The highest BCUT2D eigenvalue weighted by Crippen LogP contribution is 2.24. The molecule has 19 heavy (non-hydrogen) atoms. The van der Waals surface area contributed by atoms with Crippen LogP contribution in [0.15, 0.2) is 24.3 Å². The monoisotopic (exact) mass is 282 g/mol. The largest absolute Gasteiger partial charge is 0.271 e. The van der Waals surface area contributed by atoms with Gasteiger partial charge in [-0.25, -0.2) is 8.42 Å². The average Bonchev–Trinajstić information content (AvgIpc) is 2.38.